The van der Waals surface area contributed by atoms with Crippen LogP contribution in [0.2, 0.25) is 0 Å². The van der Waals surface area contributed by atoms with E-state index in [0.29, 0.717) is 37.7 Å². The second-order valence-corrected chi connectivity index (χ2v) is 12.9. The lowest BCUT2D eigenvalue weighted by molar-refractivity contribution is -0.365. The quantitative estimate of drug-likeness (QED) is 0.374. The van der Waals surface area contributed by atoms with Crippen LogP contribution in [0.1, 0.15) is 83.0 Å². The number of aliphatic carboxylic acids is 1. The summed E-state index contributed by atoms with van der Waals surface area (Å²) in [4.78, 5) is 51.9. The fourth-order valence-electron chi connectivity index (χ4n) is 9.06. The summed E-state index contributed by atoms with van der Waals surface area (Å²) in [7, 11) is 0. The van der Waals surface area contributed by atoms with Crippen LogP contribution in [0.5, 0.6) is 0 Å². The summed E-state index contributed by atoms with van der Waals surface area (Å²) >= 11 is 0. The highest BCUT2D eigenvalue weighted by Crippen LogP contribution is 2.73. The van der Waals surface area contributed by atoms with E-state index in [0.717, 1.165) is 25.3 Å². The van der Waals surface area contributed by atoms with Gasteiger partial charge in [-0.05, 0) is 87.0 Å². The van der Waals surface area contributed by atoms with Gasteiger partial charge in [-0.1, -0.05) is 25.5 Å². The molecule has 6 rings (SSSR count). The Bertz CT molecular complexity index is 1350. The molecule has 1 aromatic rings. The summed E-state index contributed by atoms with van der Waals surface area (Å²) in [5.74, 6) is -1.66. The molecule has 8 atom stereocenters. The average molecular weight is 596 g/mol. The summed E-state index contributed by atoms with van der Waals surface area (Å²) in [6, 6.07) is 3.09. The second kappa shape index (κ2) is 11.4. The molecule has 232 valence electrons. The highest BCUT2D eigenvalue weighted by atomic mass is 16.7. The van der Waals surface area contributed by atoms with Crippen LogP contribution < -0.4 is 0 Å². The van der Waals surface area contributed by atoms with Gasteiger partial charge < -0.3 is 24.4 Å². The maximum absolute atomic E-state index is 14.1. The molecule has 0 radical (unpaired) electrons. The van der Waals surface area contributed by atoms with Crippen molar-refractivity contribution in [1.82, 2.24) is 4.98 Å². The van der Waals surface area contributed by atoms with Gasteiger partial charge in [0.15, 0.2) is 18.7 Å². The van der Waals surface area contributed by atoms with Crippen molar-refractivity contribution < 1.29 is 43.6 Å². The number of aromatic nitrogens is 1. The van der Waals surface area contributed by atoms with Crippen LogP contribution in [-0.2, 0) is 28.6 Å². The number of esters is 1. The summed E-state index contributed by atoms with van der Waals surface area (Å²) in [5.41, 5.74) is -1.61. The molecule has 2 N–H and O–H groups in total. The van der Waals surface area contributed by atoms with Crippen molar-refractivity contribution in [2.75, 3.05) is 6.61 Å². The average Bonchev–Trinajstić information content (AvgIpc) is 3.08. The number of aliphatic hydroxyl groups is 1. The number of aliphatic hydroxyl groups excluding tert-OH is 1. The number of Topliss-reactive ketones (excluding diaryl/α,β-unsaturated/α-hetero) is 1. The zero-order chi connectivity index (χ0) is 31.2. The SMILES string of the molecule is C/C=C\C1O[C@]2(C(=O)COC(=O)c3ccncc3)CC[C@@]3(O1)[C@@H]1CCC4=CC(=O)CC[C@]4(C)[C@H]1[C@@H](O)C[C@]23C.CC(=O)O. The van der Waals surface area contributed by atoms with Crippen molar-refractivity contribution >= 4 is 23.5 Å². The van der Waals surface area contributed by atoms with Crippen LogP contribution in [-0.4, -0.2) is 68.9 Å². The first-order valence-electron chi connectivity index (χ1n) is 15.0. The molecule has 10 heteroatoms. The first-order valence-corrected chi connectivity index (χ1v) is 15.0. The zero-order valence-corrected chi connectivity index (χ0v) is 25.2. The number of ether oxygens (including phenoxy) is 3. The Kier molecular flexibility index (Phi) is 8.26. The molecule has 2 heterocycles. The maximum Gasteiger partial charge on any atom is 0.338 e. The molecule has 1 aliphatic heterocycles. The number of fused-ring (bicyclic) bond motifs is 3. The van der Waals surface area contributed by atoms with Gasteiger partial charge in [0.05, 0.1) is 17.3 Å². The van der Waals surface area contributed by atoms with Gasteiger partial charge in [-0.15, -0.1) is 0 Å². The van der Waals surface area contributed by atoms with Gasteiger partial charge in [-0.3, -0.25) is 19.4 Å². The third-order valence-corrected chi connectivity index (χ3v) is 10.9. The third kappa shape index (κ3) is 4.87. The Morgan fingerprint density at radius 3 is 2.49 bits per heavy atom. The molecule has 4 fully saturated rings. The molecule has 1 unspecified atom stereocenters. The molecule has 0 aromatic carbocycles. The smallest absolute Gasteiger partial charge is 0.338 e. The van der Waals surface area contributed by atoms with Gasteiger partial charge in [-0.2, -0.15) is 0 Å². The second-order valence-electron chi connectivity index (χ2n) is 12.9. The molecule has 2 bridgehead atoms. The Morgan fingerprint density at radius 2 is 1.81 bits per heavy atom. The van der Waals surface area contributed by atoms with Crippen LogP contribution in [0.25, 0.3) is 0 Å². The third-order valence-electron chi connectivity index (χ3n) is 10.9. The summed E-state index contributed by atoms with van der Waals surface area (Å²) in [5, 5.41) is 19.2. The first kappa shape index (κ1) is 31.2. The van der Waals surface area contributed by atoms with E-state index in [4.69, 9.17) is 24.1 Å². The minimum absolute atomic E-state index is 0.00713. The van der Waals surface area contributed by atoms with E-state index in [1.165, 1.54) is 12.4 Å². The Labute approximate surface area is 251 Å². The number of carboxylic acid groups (broad SMARTS) is 1. The van der Waals surface area contributed by atoms with Gasteiger partial charge in [0.2, 0.25) is 5.78 Å². The Morgan fingerprint density at radius 1 is 1.12 bits per heavy atom. The van der Waals surface area contributed by atoms with Crippen molar-refractivity contribution in [2.24, 2.45) is 22.7 Å². The van der Waals surface area contributed by atoms with E-state index in [9.17, 15) is 19.5 Å². The van der Waals surface area contributed by atoms with Crippen LogP contribution >= 0.6 is 0 Å². The predicted octanol–water partition coefficient (Wildman–Crippen LogP) is 4.21. The number of hydrogen-bond acceptors (Lipinski definition) is 9. The van der Waals surface area contributed by atoms with Crippen molar-refractivity contribution in [1.29, 1.82) is 0 Å². The molecular weight excluding hydrogens is 554 g/mol. The Balaban J connectivity index is 0.000000868. The molecule has 0 amide bonds. The topological polar surface area (TPSA) is 149 Å². The monoisotopic (exact) mass is 595 g/mol. The fraction of sp³-hybridized carbons (Fsp3) is 0.606. The van der Waals surface area contributed by atoms with E-state index >= 15 is 0 Å². The van der Waals surface area contributed by atoms with Crippen LogP contribution in [0.15, 0.2) is 48.3 Å². The van der Waals surface area contributed by atoms with Crippen LogP contribution in [0.4, 0.5) is 0 Å². The summed E-state index contributed by atoms with van der Waals surface area (Å²) in [6.45, 7) is 6.76. The zero-order valence-electron chi connectivity index (χ0n) is 25.2. The lowest BCUT2D eigenvalue weighted by Gasteiger charge is -2.67. The molecule has 1 saturated heterocycles. The normalized spacial score (nSPS) is 39.4. The van der Waals surface area contributed by atoms with Crippen LogP contribution in [0, 0.1) is 22.7 Å². The number of carbonyl (C=O) groups excluding carboxylic acids is 3. The van der Waals surface area contributed by atoms with Crippen LogP contribution in [0.3, 0.4) is 0 Å². The molecule has 5 aliphatic rings. The van der Waals surface area contributed by atoms with Crippen molar-refractivity contribution in [2.45, 2.75) is 96.2 Å². The van der Waals surface area contributed by atoms with Gasteiger partial charge in [0, 0.05) is 31.2 Å². The van der Waals surface area contributed by atoms with Gasteiger partial charge >= 0.3 is 5.97 Å². The van der Waals surface area contributed by atoms with Crippen molar-refractivity contribution in [3.05, 3.63) is 53.9 Å². The highest BCUT2D eigenvalue weighted by Gasteiger charge is 2.79. The van der Waals surface area contributed by atoms with E-state index in [-0.39, 0.29) is 28.8 Å². The number of rotatable bonds is 5. The molecule has 10 nitrogen and oxygen atoms in total. The van der Waals surface area contributed by atoms with E-state index in [1.54, 1.807) is 12.1 Å². The molecule has 43 heavy (non-hydrogen) atoms. The molecular formula is C33H41NO9. The number of carbonyl (C=O) groups is 4. The lowest BCUT2D eigenvalue weighted by Crippen LogP contribution is -2.74. The first-order chi connectivity index (χ1) is 20.3. The fourth-order valence-corrected chi connectivity index (χ4v) is 9.06. The number of carboxylic acids is 1. The molecule has 1 aromatic heterocycles. The molecule has 0 spiro atoms. The number of pyridine rings is 1. The van der Waals surface area contributed by atoms with Crippen molar-refractivity contribution in [3.8, 4) is 0 Å². The minimum Gasteiger partial charge on any atom is -0.481 e. The summed E-state index contributed by atoms with van der Waals surface area (Å²) < 4.78 is 18.9. The van der Waals surface area contributed by atoms with Gasteiger partial charge in [-0.25, -0.2) is 4.79 Å². The number of ketones is 2. The molecule has 3 saturated carbocycles. The largest absolute Gasteiger partial charge is 0.481 e. The lowest BCUT2D eigenvalue weighted by atomic mass is 9.43. The predicted molar refractivity (Wildman–Crippen MR) is 154 cm³/mol. The number of hydrogen-bond donors (Lipinski definition) is 2. The van der Waals surface area contributed by atoms with E-state index < -0.39 is 47.6 Å². The summed E-state index contributed by atoms with van der Waals surface area (Å²) in [6.07, 6.45) is 11.2. The maximum atomic E-state index is 14.1. The van der Waals surface area contributed by atoms with Gasteiger partial charge in [0.1, 0.15) is 5.60 Å². The Hall–Kier alpha value is -3.21. The number of allylic oxidation sites excluding steroid dienone is 2. The van der Waals surface area contributed by atoms with Crippen molar-refractivity contribution in [3.63, 3.8) is 0 Å². The highest BCUT2D eigenvalue weighted by molar-refractivity contribution is 5.95. The van der Waals surface area contributed by atoms with Gasteiger partial charge in [0.25, 0.3) is 5.97 Å². The standard InChI is InChI=1S/C31H37NO7.C2H4O2/c1-4-5-25-38-30-12-13-31(39-25,24(35)18-37-27(36)19-9-14-32-15-10-19)29(30,3)17-23(34)26-22(30)7-6-20-16-21(33)8-11-28(20,26)2;1-2(3)4/h4-5,9-10,14-16,22-23,25-26,34H,6-8,11-13,17-18H2,1-3H3;1H3,(H,3,4)/b5-4-;/t22-,23+,25?,26-,28+,29+,30-,31+;/m1./s1. The van der Waals surface area contributed by atoms with E-state index in [2.05, 4.69) is 11.9 Å². The molecule has 4 aliphatic carbocycles. The number of nitrogens with zero attached hydrogens (tertiary/aromatic N) is 1. The minimum atomic E-state index is -1.26. The van der Waals surface area contributed by atoms with E-state index in [1.807, 2.05) is 32.1 Å².